The van der Waals surface area contributed by atoms with Gasteiger partial charge in [0.05, 0.1) is 20.3 Å². The van der Waals surface area contributed by atoms with Crippen LogP contribution in [0.15, 0.2) is 23.8 Å². The second-order valence-corrected chi connectivity index (χ2v) is 7.13. The zero-order valence-corrected chi connectivity index (χ0v) is 14.5. The number of hydrogen-bond donors (Lipinski definition) is 0. The van der Waals surface area contributed by atoms with E-state index in [9.17, 15) is 4.79 Å². The Hall–Kier alpha value is -1.97. The standard InChI is InChI=1S/C20H25NO3/c1-23-17-11-15-8-9-21(19(22)10-13-4-3-5-13)20(14-6-7-14)16(15)12-18(17)24-2/h10-12,14,20H,3-9H2,1-2H3. The van der Waals surface area contributed by atoms with E-state index in [1.165, 1.54) is 36.0 Å². The summed E-state index contributed by atoms with van der Waals surface area (Å²) in [4.78, 5) is 14.9. The molecule has 4 rings (SSSR count). The van der Waals surface area contributed by atoms with Crippen LogP contribution in [0.1, 0.15) is 49.3 Å². The van der Waals surface area contributed by atoms with Crippen LogP contribution < -0.4 is 9.47 Å². The molecule has 0 spiro atoms. The van der Waals surface area contributed by atoms with E-state index in [2.05, 4.69) is 17.0 Å². The van der Waals surface area contributed by atoms with Gasteiger partial charge >= 0.3 is 0 Å². The first-order valence-corrected chi connectivity index (χ1v) is 8.96. The topological polar surface area (TPSA) is 38.8 Å². The molecule has 1 atom stereocenters. The molecule has 4 heteroatoms. The zero-order valence-electron chi connectivity index (χ0n) is 14.5. The molecule has 2 saturated carbocycles. The lowest BCUT2D eigenvalue weighted by molar-refractivity contribution is -0.129. The summed E-state index contributed by atoms with van der Waals surface area (Å²) in [5.41, 5.74) is 3.86. The Morgan fingerprint density at radius 2 is 1.83 bits per heavy atom. The van der Waals surface area contributed by atoms with E-state index in [1.54, 1.807) is 14.2 Å². The van der Waals surface area contributed by atoms with Crippen LogP contribution in [-0.4, -0.2) is 31.6 Å². The van der Waals surface area contributed by atoms with Crippen molar-refractivity contribution in [2.45, 2.75) is 44.6 Å². The van der Waals surface area contributed by atoms with Crippen LogP contribution in [0.25, 0.3) is 0 Å². The molecule has 1 aromatic carbocycles. The van der Waals surface area contributed by atoms with Crippen LogP contribution in [0.3, 0.4) is 0 Å². The predicted octanol–water partition coefficient (Wildman–Crippen LogP) is 3.65. The van der Waals surface area contributed by atoms with Gasteiger partial charge in [-0.25, -0.2) is 0 Å². The number of allylic oxidation sites excluding steroid dienone is 1. The number of nitrogens with zero attached hydrogens (tertiary/aromatic N) is 1. The van der Waals surface area contributed by atoms with Crippen molar-refractivity contribution in [3.8, 4) is 11.5 Å². The van der Waals surface area contributed by atoms with Crippen molar-refractivity contribution in [1.82, 2.24) is 4.90 Å². The Kier molecular flexibility index (Phi) is 3.99. The number of carbonyl (C=O) groups is 1. The van der Waals surface area contributed by atoms with Crippen molar-refractivity contribution in [3.05, 3.63) is 34.9 Å². The molecular weight excluding hydrogens is 302 g/mol. The zero-order chi connectivity index (χ0) is 16.7. The predicted molar refractivity (Wildman–Crippen MR) is 92.4 cm³/mol. The molecule has 128 valence electrons. The summed E-state index contributed by atoms with van der Waals surface area (Å²) in [5, 5.41) is 0. The van der Waals surface area contributed by atoms with Crippen molar-refractivity contribution in [3.63, 3.8) is 0 Å². The second kappa shape index (κ2) is 6.15. The molecule has 2 fully saturated rings. The van der Waals surface area contributed by atoms with Crippen molar-refractivity contribution in [2.24, 2.45) is 5.92 Å². The molecule has 0 radical (unpaired) electrons. The quantitative estimate of drug-likeness (QED) is 0.792. The molecule has 1 heterocycles. The minimum absolute atomic E-state index is 0.193. The summed E-state index contributed by atoms with van der Waals surface area (Å²) >= 11 is 0. The van der Waals surface area contributed by atoms with Gasteiger partial charge in [-0.1, -0.05) is 5.57 Å². The summed E-state index contributed by atoms with van der Waals surface area (Å²) in [7, 11) is 3.34. The minimum Gasteiger partial charge on any atom is -0.493 e. The highest BCUT2D eigenvalue weighted by molar-refractivity contribution is 5.89. The van der Waals surface area contributed by atoms with Crippen molar-refractivity contribution < 1.29 is 14.3 Å². The number of ether oxygens (including phenoxy) is 2. The fourth-order valence-corrected chi connectivity index (χ4v) is 3.93. The third-order valence-electron chi connectivity index (χ3n) is 5.60. The molecule has 0 aromatic heterocycles. The van der Waals surface area contributed by atoms with Gasteiger partial charge in [-0.2, -0.15) is 0 Å². The Bertz CT molecular complexity index is 684. The van der Waals surface area contributed by atoms with Crippen LogP contribution in [0, 0.1) is 5.92 Å². The van der Waals surface area contributed by atoms with Gasteiger partial charge in [0.15, 0.2) is 11.5 Å². The van der Waals surface area contributed by atoms with Gasteiger partial charge in [-0.15, -0.1) is 0 Å². The molecule has 2 aliphatic carbocycles. The van der Waals surface area contributed by atoms with Crippen LogP contribution in [0.5, 0.6) is 11.5 Å². The third-order valence-corrected chi connectivity index (χ3v) is 5.60. The molecular formula is C20H25NO3. The highest BCUT2D eigenvalue weighted by atomic mass is 16.5. The van der Waals surface area contributed by atoms with Gasteiger partial charge in [0, 0.05) is 12.6 Å². The molecule has 1 aliphatic heterocycles. The molecule has 0 bridgehead atoms. The van der Waals surface area contributed by atoms with Crippen LogP contribution in [0.2, 0.25) is 0 Å². The van der Waals surface area contributed by atoms with Crippen molar-refractivity contribution >= 4 is 5.91 Å². The summed E-state index contributed by atoms with van der Waals surface area (Å²) < 4.78 is 10.9. The third kappa shape index (κ3) is 2.68. The van der Waals surface area contributed by atoms with E-state index in [0.29, 0.717) is 5.92 Å². The Morgan fingerprint density at radius 3 is 2.42 bits per heavy atom. The number of carbonyl (C=O) groups excluding carboxylic acids is 1. The van der Waals surface area contributed by atoms with Crippen LogP contribution in [0.4, 0.5) is 0 Å². The lowest BCUT2D eigenvalue weighted by Gasteiger charge is -2.38. The van der Waals surface area contributed by atoms with E-state index in [4.69, 9.17) is 9.47 Å². The minimum atomic E-state index is 0.193. The maximum Gasteiger partial charge on any atom is 0.247 e. The lowest BCUT2D eigenvalue weighted by Crippen LogP contribution is -2.40. The van der Waals surface area contributed by atoms with E-state index in [-0.39, 0.29) is 11.9 Å². The molecule has 0 N–H and O–H groups in total. The number of hydrogen-bond acceptors (Lipinski definition) is 3. The van der Waals surface area contributed by atoms with Gasteiger partial charge < -0.3 is 14.4 Å². The van der Waals surface area contributed by atoms with Gasteiger partial charge in [0.25, 0.3) is 0 Å². The van der Waals surface area contributed by atoms with Gasteiger partial charge in [0.2, 0.25) is 5.91 Å². The first kappa shape index (κ1) is 15.6. The maximum atomic E-state index is 12.8. The molecule has 4 nitrogen and oxygen atoms in total. The molecule has 0 saturated heterocycles. The number of benzene rings is 1. The summed E-state index contributed by atoms with van der Waals surface area (Å²) in [6, 6.07) is 4.38. The fraction of sp³-hybridized carbons (Fsp3) is 0.550. The average Bonchev–Trinajstić information content (AvgIpc) is 3.40. The van der Waals surface area contributed by atoms with Crippen LogP contribution >= 0.6 is 0 Å². The van der Waals surface area contributed by atoms with Crippen molar-refractivity contribution in [2.75, 3.05) is 20.8 Å². The molecule has 1 aromatic rings. The maximum absolute atomic E-state index is 12.8. The molecule has 1 amide bonds. The highest BCUT2D eigenvalue weighted by Gasteiger charge is 2.41. The highest BCUT2D eigenvalue weighted by Crippen LogP contribution is 2.49. The summed E-state index contributed by atoms with van der Waals surface area (Å²) in [6.07, 6.45) is 8.60. The smallest absolute Gasteiger partial charge is 0.247 e. The normalized spacial score (nSPS) is 22.5. The Balaban J connectivity index is 1.69. The second-order valence-electron chi connectivity index (χ2n) is 7.13. The molecule has 24 heavy (non-hydrogen) atoms. The number of methoxy groups -OCH3 is 2. The van der Waals surface area contributed by atoms with Crippen LogP contribution in [-0.2, 0) is 11.2 Å². The average molecular weight is 327 g/mol. The largest absolute Gasteiger partial charge is 0.493 e. The van der Waals surface area contributed by atoms with E-state index < -0.39 is 0 Å². The summed E-state index contributed by atoms with van der Waals surface area (Å²) in [5.74, 6) is 2.32. The molecule has 1 unspecified atom stereocenters. The number of rotatable bonds is 4. The van der Waals surface area contributed by atoms with Crippen molar-refractivity contribution in [1.29, 1.82) is 0 Å². The van der Waals surface area contributed by atoms with E-state index in [0.717, 1.165) is 37.3 Å². The lowest BCUT2D eigenvalue weighted by atomic mass is 9.88. The fourth-order valence-electron chi connectivity index (χ4n) is 3.93. The summed E-state index contributed by atoms with van der Waals surface area (Å²) in [6.45, 7) is 0.798. The Morgan fingerprint density at radius 1 is 1.12 bits per heavy atom. The van der Waals surface area contributed by atoms with E-state index in [1.807, 2.05) is 6.08 Å². The number of amides is 1. The van der Waals surface area contributed by atoms with Gasteiger partial charge in [-0.05, 0) is 67.7 Å². The Labute approximate surface area is 143 Å². The first-order chi connectivity index (χ1) is 11.7. The monoisotopic (exact) mass is 327 g/mol. The first-order valence-electron chi connectivity index (χ1n) is 8.96. The van der Waals surface area contributed by atoms with Gasteiger partial charge in [0.1, 0.15) is 0 Å². The van der Waals surface area contributed by atoms with E-state index >= 15 is 0 Å². The molecule has 3 aliphatic rings. The number of fused-ring (bicyclic) bond motifs is 1. The van der Waals surface area contributed by atoms with Gasteiger partial charge in [-0.3, -0.25) is 4.79 Å². The SMILES string of the molecule is COc1cc2c(cc1OC)C(C1CC1)N(C(=O)C=C1CCC1)CC2.